The average molecular weight is 517 g/mol. The molecule has 0 aliphatic rings. The van der Waals surface area contributed by atoms with Gasteiger partial charge in [0.25, 0.3) is 0 Å². The third-order valence-corrected chi connectivity index (χ3v) is 6.53. The van der Waals surface area contributed by atoms with E-state index < -0.39 is 5.82 Å². The Morgan fingerprint density at radius 2 is 1.74 bits per heavy atom. The van der Waals surface area contributed by atoms with Crippen molar-refractivity contribution >= 4 is 21.9 Å². The zero-order chi connectivity index (χ0) is 26.2. The molecule has 0 amide bonds. The van der Waals surface area contributed by atoms with E-state index in [4.69, 9.17) is 9.40 Å². The van der Waals surface area contributed by atoms with Crippen LogP contribution in [0, 0.1) is 5.82 Å². The number of hydrogen-bond donors (Lipinski definition) is 3. The summed E-state index contributed by atoms with van der Waals surface area (Å²) >= 11 is 0. The summed E-state index contributed by atoms with van der Waals surface area (Å²) in [5, 5.41) is 10.9. The van der Waals surface area contributed by atoms with E-state index in [-0.39, 0.29) is 5.69 Å². The van der Waals surface area contributed by atoms with Gasteiger partial charge in [-0.3, -0.25) is 20.1 Å². The van der Waals surface area contributed by atoms with Gasteiger partial charge in [0.1, 0.15) is 22.6 Å². The first kappa shape index (κ1) is 22.9. The van der Waals surface area contributed by atoms with Crippen LogP contribution in [-0.2, 0) is 13.1 Å². The highest BCUT2D eigenvalue weighted by atomic mass is 19.1. The van der Waals surface area contributed by atoms with Gasteiger partial charge >= 0.3 is 0 Å². The number of imidazole rings is 1. The lowest BCUT2D eigenvalue weighted by atomic mass is 10.1. The van der Waals surface area contributed by atoms with E-state index in [1.807, 2.05) is 36.4 Å². The molecule has 0 unspecified atom stereocenters. The van der Waals surface area contributed by atoms with Crippen molar-refractivity contribution in [1.82, 2.24) is 40.4 Å². The van der Waals surface area contributed by atoms with E-state index in [2.05, 4.69) is 47.6 Å². The van der Waals surface area contributed by atoms with Crippen molar-refractivity contribution in [1.29, 1.82) is 0 Å². The molecule has 0 saturated carbocycles. The molecule has 6 aromatic heterocycles. The van der Waals surface area contributed by atoms with Gasteiger partial charge in [-0.1, -0.05) is 30.3 Å². The number of hydrogen-bond acceptors (Lipinski definition) is 7. The first-order valence-electron chi connectivity index (χ1n) is 12.3. The van der Waals surface area contributed by atoms with Crippen molar-refractivity contribution in [2.75, 3.05) is 0 Å². The maximum absolute atomic E-state index is 16.1. The molecule has 190 valence electrons. The molecular weight excluding hydrogens is 495 g/mol. The topological polar surface area (TPSA) is 121 Å². The van der Waals surface area contributed by atoms with Gasteiger partial charge in [0.05, 0.1) is 35.1 Å². The lowest BCUT2D eigenvalue weighted by Crippen LogP contribution is -2.12. The molecule has 0 saturated heterocycles. The zero-order valence-corrected chi connectivity index (χ0v) is 20.5. The smallest absolute Gasteiger partial charge is 0.161 e. The normalized spacial score (nSPS) is 11.5. The number of benzene rings is 1. The molecule has 0 fully saturated rings. The minimum absolute atomic E-state index is 0.194. The molecule has 3 N–H and O–H groups in total. The van der Waals surface area contributed by atoms with Crippen molar-refractivity contribution in [3.05, 3.63) is 103 Å². The van der Waals surface area contributed by atoms with Gasteiger partial charge in [0, 0.05) is 42.8 Å². The molecule has 39 heavy (non-hydrogen) atoms. The van der Waals surface area contributed by atoms with Crippen LogP contribution in [0.25, 0.3) is 56.0 Å². The number of rotatable bonds is 7. The fourth-order valence-electron chi connectivity index (χ4n) is 4.67. The third-order valence-electron chi connectivity index (χ3n) is 6.53. The number of aromatic amines is 2. The lowest BCUT2D eigenvalue weighted by Gasteiger charge is -2.08. The number of pyridine rings is 3. The van der Waals surface area contributed by atoms with Gasteiger partial charge in [0.15, 0.2) is 11.6 Å². The van der Waals surface area contributed by atoms with Crippen molar-refractivity contribution in [2.45, 2.75) is 13.1 Å². The van der Waals surface area contributed by atoms with Gasteiger partial charge in [-0.05, 0) is 29.3 Å². The Labute approximate surface area is 221 Å². The van der Waals surface area contributed by atoms with E-state index in [1.165, 1.54) is 5.56 Å². The second-order valence-corrected chi connectivity index (χ2v) is 9.11. The minimum atomic E-state index is -0.499. The molecule has 0 spiro atoms. The van der Waals surface area contributed by atoms with Crippen LogP contribution in [0.3, 0.4) is 0 Å². The largest absolute Gasteiger partial charge is 0.472 e. The van der Waals surface area contributed by atoms with Crippen molar-refractivity contribution in [2.24, 2.45) is 0 Å². The van der Waals surface area contributed by atoms with E-state index in [1.54, 1.807) is 37.3 Å². The third kappa shape index (κ3) is 4.22. The lowest BCUT2D eigenvalue weighted by molar-refractivity contribution is 0.568. The summed E-state index contributed by atoms with van der Waals surface area (Å²) in [5.74, 6) is -0.0804. The summed E-state index contributed by atoms with van der Waals surface area (Å²) in [6.45, 7) is 1.31. The highest BCUT2D eigenvalue weighted by Crippen LogP contribution is 2.34. The molecule has 0 bridgehead atoms. The molecule has 7 aromatic rings. The Kier molecular flexibility index (Phi) is 5.64. The number of fused-ring (bicyclic) bond motifs is 2. The second-order valence-electron chi connectivity index (χ2n) is 9.11. The summed E-state index contributed by atoms with van der Waals surface area (Å²) in [6.07, 6.45) is 9.83. The first-order chi connectivity index (χ1) is 19.2. The van der Waals surface area contributed by atoms with Crippen molar-refractivity contribution in [3.8, 4) is 34.0 Å². The van der Waals surface area contributed by atoms with Crippen LogP contribution < -0.4 is 5.32 Å². The molecular formula is C29H21FN8O. The Morgan fingerprint density at radius 1 is 0.846 bits per heavy atom. The van der Waals surface area contributed by atoms with Crippen LogP contribution >= 0.6 is 0 Å². The predicted octanol–water partition coefficient (Wildman–Crippen LogP) is 5.65. The summed E-state index contributed by atoms with van der Waals surface area (Å²) in [5.41, 5.74) is 6.56. The summed E-state index contributed by atoms with van der Waals surface area (Å²) in [4.78, 5) is 21.2. The predicted molar refractivity (Wildman–Crippen MR) is 145 cm³/mol. The Morgan fingerprint density at radius 3 is 2.62 bits per heavy atom. The number of H-pyrrole nitrogens is 2. The van der Waals surface area contributed by atoms with Crippen molar-refractivity contribution in [3.63, 3.8) is 0 Å². The molecule has 0 radical (unpaired) electrons. The SMILES string of the molecule is Fc1c(-c2cncc(CNCc3ccccc3)c2)ncc2[nH]nc(-c3nc4c(-c5ccoc5)nccc4[nH]3)c12. The van der Waals surface area contributed by atoms with Crippen LogP contribution in [-0.4, -0.2) is 35.1 Å². The minimum Gasteiger partial charge on any atom is -0.472 e. The quantitative estimate of drug-likeness (QED) is 0.250. The molecule has 6 heterocycles. The van der Waals surface area contributed by atoms with Crippen LogP contribution in [0.15, 0.2) is 90.3 Å². The molecule has 0 aliphatic carbocycles. The Balaban J connectivity index is 1.23. The maximum Gasteiger partial charge on any atom is 0.161 e. The van der Waals surface area contributed by atoms with E-state index in [9.17, 15) is 0 Å². The van der Waals surface area contributed by atoms with Gasteiger partial charge in [0.2, 0.25) is 0 Å². The van der Waals surface area contributed by atoms with Gasteiger partial charge in [-0.2, -0.15) is 5.10 Å². The van der Waals surface area contributed by atoms with E-state index in [0.29, 0.717) is 45.7 Å². The standard InChI is InChI=1S/C29H21FN8O/c30-24-23-22(15-34-25(24)20-10-18(13-32-14-20)12-31-11-17-4-2-1-3-5-17)37-38-28(23)29-35-21-6-8-33-26(27(21)36-29)19-7-9-39-16-19/h1-10,13-16,31H,11-12H2,(H,35,36)(H,37,38). The average Bonchev–Trinajstić information content (AvgIpc) is 3.74. The second kappa shape index (κ2) is 9.58. The molecule has 9 nitrogen and oxygen atoms in total. The molecule has 7 rings (SSSR count). The Hall–Kier alpha value is -5.22. The summed E-state index contributed by atoms with van der Waals surface area (Å²) in [7, 11) is 0. The fourth-order valence-corrected chi connectivity index (χ4v) is 4.67. The fraction of sp³-hybridized carbons (Fsp3) is 0.0690. The molecule has 10 heteroatoms. The summed E-state index contributed by atoms with van der Waals surface area (Å²) in [6, 6.07) is 15.7. The Bertz CT molecular complexity index is 1910. The molecule has 1 aromatic carbocycles. The van der Waals surface area contributed by atoms with Crippen LogP contribution in [0.4, 0.5) is 4.39 Å². The maximum atomic E-state index is 16.1. The van der Waals surface area contributed by atoms with E-state index in [0.717, 1.165) is 23.2 Å². The summed E-state index contributed by atoms with van der Waals surface area (Å²) < 4.78 is 21.3. The van der Waals surface area contributed by atoms with Gasteiger partial charge in [-0.25, -0.2) is 9.37 Å². The van der Waals surface area contributed by atoms with Gasteiger partial charge in [-0.15, -0.1) is 0 Å². The highest BCUT2D eigenvalue weighted by Gasteiger charge is 2.21. The number of halogens is 1. The molecule has 0 atom stereocenters. The zero-order valence-electron chi connectivity index (χ0n) is 20.5. The van der Waals surface area contributed by atoms with E-state index >= 15 is 4.39 Å². The van der Waals surface area contributed by atoms with Gasteiger partial charge < -0.3 is 14.7 Å². The highest BCUT2D eigenvalue weighted by molar-refractivity contribution is 5.97. The van der Waals surface area contributed by atoms with Crippen molar-refractivity contribution < 1.29 is 8.81 Å². The first-order valence-corrected chi connectivity index (χ1v) is 12.3. The van der Waals surface area contributed by atoms with Crippen LogP contribution in [0.1, 0.15) is 11.1 Å². The van der Waals surface area contributed by atoms with Crippen LogP contribution in [0.2, 0.25) is 0 Å². The number of aromatic nitrogens is 7. The monoisotopic (exact) mass is 516 g/mol. The molecule has 0 aliphatic heterocycles. The number of nitrogens with zero attached hydrogens (tertiary/aromatic N) is 5. The number of nitrogens with one attached hydrogen (secondary N) is 3. The number of furan rings is 1. The van der Waals surface area contributed by atoms with Crippen LogP contribution in [0.5, 0.6) is 0 Å².